The SMILES string of the molecule is CCc1ccccc1NCc1cccc(C(=O)Nc2nc(C)c(C)s2)c1. The van der Waals surface area contributed by atoms with Gasteiger partial charge in [-0.15, -0.1) is 11.3 Å². The fourth-order valence-corrected chi connectivity index (χ4v) is 3.53. The van der Waals surface area contributed by atoms with Crippen molar-refractivity contribution in [3.05, 3.63) is 75.8 Å². The number of carbonyl (C=O) groups excluding carboxylic acids is 1. The number of amides is 1. The highest BCUT2D eigenvalue weighted by Gasteiger charge is 2.10. The molecule has 0 aliphatic heterocycles. The number of benzene rings is 2. The zero-order chi connectivity index (χ0) is 18.5. The van der Waals surface area contributed by atoms with Crippen LogP contribution in [0.4, 0.5) is 10.8 Å². The Bertz CT molecular complexity index is 898. The van der Waals surface area contributed by atoms with E-state index in [0.29, 0.717) is 17.2 Å². The smallest absolute Gasteiger partial charge is 0.257 e. The van der Waals surface area contributed by atoms with Gasteiger partial charge in [0.25, 0.3) is 5.91 Å². The van der Waals surface area contributed by atoms with Crippen LogP contribution in [0.5, 0.6) is 0 Å². The van der Waals surface area contributed by atoms with Crippen molar-refractivity contribution in [3.63, 3.8) is 0 Å². The largest absolute Gasteiger partial charge is 0.381 e. The lowest BCUT2D eigenvalue weighted by Crippen LogP contribution is -2.12. The van der Waals surface area contributed by atoms with Gasteiger partial charge >= 0.3 is 0 Å². The molecule has 4 nitrogen and oxygen atoms in total. The van der Waals surface area contributed by atoms with Crippen LogP contribution in [0.1, 0.15) is 39.0 Å². The third kappa shape index (κ3) is 4.29. The average Bonchev–Trinajstić information content (AvgIpc) is 2.97. The first-order chi connectivity index (χ1) is 12.6. The van der Waals surface area contributed by atoms with E-state index in [9.17, 15) is 4.79 Å². The molecule has 5 heteroatoms. The molecule has 0 bridgehead atoms. The van der Waals surface area contributed by atoms with Gasteiger partial charge in [0, 0.05) is 22.7 Å². The fourth-order valence-electron chi connectivity index (χ4n) is 2.72. The number of anilines is 2. The predicted molar refractivity (Wildman–Crippen MR) is 109 cm³/mol. The van der Waals surface area contributed by atoms with Gasteiger partial charge in [-0.3, -0.25) is 10.1 Å². The highest BCUT2D eigenvalue weighted by atomic mass is 32.1. The molecule has 0 atom stereocenters. The summed E-state index contributed by atoms with van der Waals surface area (Å²) in [6.07, 6.45) is 0.984. The molecule has 1 aromatic heterocycles. The van der Waals surface area contributed by atoms with E-state index in [-0.39, 0.29) is 5.91 Å². The molecule has 134 valence electrons. The molecule has 3 aromatic rings. The van der Waals surface area contributed by atoms with E-state index in [0.717, 1.165) is 28.2 Å². The molecule has 0 aliphatic rings. The molecule has 1 amide bonds. The van der Waals surface area contributed by atoms with Crippen LogP contribution in [0.25, 0.3) is 0 Å². The summed E-state index contributed by atoms with van der Waals surface area (Å²) in [6.45, 7) is 6.77. The van der Waals surface area contributed by atoms with E-state index in [1.165, 1.54) is 16.9 Å². The van der Waals surface area contributed by atoms with Crippen LogP contribution >= 0.6 is 11.3 Å². The quantitative estimate of drug-likeness (QED) is 0.632. The molecule has 3 rings (SSSR count). The van der Waals surface area contributed by atoms with Gasteiger partial charge in [-0.25, -0.2) is 4.98 Å². The molecule has 0 radical (unpaired) electrons. The average molecular weight is 366 g/mol. The third-order valence-corrected chi connectivity index (χ3v) is 5.31. The zero-order valence-corrected chi connectivity index (χ0v) is 16.1. The normalized spacial score (nSPS) is 10.6. The molecule has 0 unspecified atom stereocenters. The first kappa shape index (κ1) is 18.1. The van der Waals surface area contributed by atoms with Gasteiger partial charge in [-0.1, -0.05) is 37.3 Å². The number of nitrogens with zero attached hydrogens (tertiary/aromatic N) is 1. The van der Waals surface area contributed by atoms with Crippen LogP contribution < -0.4 is 10.6 Å². The standard InChI is InChI=1S/C21H23N3OS/c1-4-17-9-5-6-11-19(17)22-13-16-8-7-10-18(12-16)20(25)24-21-23-14(2)15(3)26-21/h5-12,22H,4,13H2,1-3H3,(H,23,24,25). The summed E-state index contributed by atoms with van der Waals surface area (Å²) in [5, 5.41) is 7.00. The number of hydrogen-bond donors (Lipinski definition) is 2. The molecule has 1 heterocycles. The van der Waals surface area contributed by atoms with Crippen molar-refractivity contribution >= 4 is 28.1 Å². The second-order valence-electron chi connectivity index (χ2n) is 6.18. The fraction of sp³-hybridized carbons (Fsp3) is 0.238. The van der Waals surface area contributed by atoms with Crippen molar-refractivity contribution in [3.8, 4) is 0 Å². The Morgan fingerprint density at radius 2 is 1.92 bits per heavy atom. The van der Waals surface area contributed by atoms with Crippen LogP contribution in [0.15, 0.2) is 48.5 Å². The van der Waals surface area contributed by atoms with E-state index in [4.69, 9.17) is 0 Å². The van der Waals surface area contributed by atoms with E-state index < -0.39 is 0 Å². The van der Waals surface area contributed by atoms with Crippen LogP contribution in [0, 0.1) is 13.8 Å². The first-order valence-electron chi connectivity index (χ1n) is 8.73. The molecule has 2 N–H and O–H groups in total. The molecule has 0 saturated heterocycles. The monoisotopic (exact) mass is 365 g/mol. The predicted octanol–water partition coefficient (Wildman–Crippen LogP) is 5.19. The Labute approximate surface area is 158 Å². The van der Waals surface area contributed by atoms with Gasteiger partial charge in [0.1, 0.15) is 0 Å². The van der Waals surface area contributed by atoms with Crippen LogP contribution in [0.2, 0.25) is 0 Å². The van der Waals surface area contributed by atoms with Crippen LogP contribution in [-0.2, 0) is 13.0 Å². The zero-order valence-electron chi connectivity index (χ0n) is 15.3. The van der Waals surface area contributed by atoms with E-state index in [2.05, 4.69) is 40.7 Å². The summed E-state index contributed by atoms with van der Waals surface area (Å²) in [6, 6.07) is 16.0. The lowest BCUT2D eigenvalue weighted by atomic mass is 10.1. The topological polar surface area (TPSA) is 54.0 Å². The minimum Gasteiger partial charge on any atom is -0.381 e. The van der Waals surface area contributed by atoms with E-state index in [1.54, 1.807) is 0 Å². The second kappa shape index (κ2) is 8.15. The summed E-state index contributed by atoms with van der Waals surface area (Å²) >= 11 is 1.50. The van der Waals surface area contributed by atoms with Crippen molar-refractivity contribution in [2.45, 2.75) is 33.7 Å². The van der Waals surface area contributed by atoms with Crippen molar-refractivity contribution in [2.75, 3.05) is 10.6 Å². The molecule has 0 saturated carbocycles. The van der Waals surface area contributed by atoms with Crippen molar-refractivity contribution in [1.29, 1.82) is 0 Å². The summed E-state index contributed by atoms with van der Waals surface area (Å²) < 4.78 is 0. The maximum Gasteiger partial charge on any atom is 0.257 e. The Morgan fingerprint density at radius 3 is 2.65 bits per heavy atom. The molecular weight excluding hydrogens is 342 g/mol. The van der Waals surface area contributed by atoms with Crippen molar-refractivity contribution < 1.29 is 4.79 Å². The van der Waals surface area contributed by atoms with Gasteiger partial charge < -0.3 is 5.32 Å². The van der Waals surface area contributed by atoms with E-state index >= 15 is 0 Å². The highest BCUT2D eigenvalue weighted by molar-refractivity contribution is 7.15. The number of nitrogens with one attached hydrogen (secondary N) is 2. The van der Waals surface area contributed by atoms with Gasteiger partial charge in [-0.05, 0) is 49.6 Å². The molecule has 26 heavy (non-hydrogen) atoms. The minimum absolute atomic E-state index is 0.130. The second-order valence-corrected chi connectivity index (χ2v) is 7.38. The lowest BCUT2D eigenvalue weighted by Gasteiger charge is -2.11. The number of carbonyl (C=O) groups is 1. The van der Waals surface area contributed by atoms with Gasteiger partial charge in [0.05, 0.1) is 5.69 Å². The number of aromatic nitrogens is 1. The Morgan fingerprint density at radius 1 is 1.12 bits per heavy atom. The number of hydrogen-bond acceptors (Lipinski definition) is 4. The molecular formula is C21H23N3OS. The third-order valence-electron chi connectivity index (χ3n) is 4.32. The first-order valence-corrected chi connectivity index (χ1v) is 9.54. The molecule has 0 spiro atoms. The Hall–Kier alpha value is -2.66. The number of rotatable bonds is 6. The van der Waals surface area contributed by atoms with Gasteiger partial charge in [-0.2, -0.15) is 0 Å². The maximum atomic E-state index is 12.5. The summed E-state index contributed by atoms with van der Waals surface area (Å²) in [5.74, 6) is -0.130. The molecule has 0 aliphatic carbocycles. The lowest BCUT2D eigenvalue weighted by molar-refractivity contribution is 0.102. The Kier molecular flexibility index (Phi) is 5.68. The van der Waals surface area contributed by atoms with Crippen LogP contribution in [0.3, 0.4) is 0 Å². The summed E-state index contributed by atoms with van der Waals surface area (Å²) in [5.41, 5.74) is 5.08. The van der Waals surface area contributed by atoms with E-state index in [1.807, 2.05) is 44.2 Å². The number of thiazole rings is 1. The molecule has 2 aromatic carbocycles. The van der Waals surface area contributed by atoms with Gasteiger partial charge in [0.2, 0.25) is 0 Å². The van der Waals surface area contributed by atoms with Crippen molar-refractivity contribution in [1.82, 2.24) is 4.98 Å². The number of para-hydroxylation sites is 1. The summed E-state index contributed by atoms with van der Waals surface area (Å²) in [7, 11) is 0. The molecule has 0 fully saturated rings. The number of aryl methyl sites for hydroxylation is 3. The maximum absolute atomic E-state index is 12.5. The summed E-state index contributed by atoms with van der Waals surface area (Å²) in [4.78, 5) is 18.0. The van der Waals surface area contributed by atoms with Crippen LogP contribution in [-0.4, -0.2) is 10.9 Å². The van der Waals surface area contributed by atoms with Gasteiger partial charge in [0.15, 0.2) is 5.13 Å². The Balaban J connectivity index is 1.68. The minimum atomic E-state index is -0.130. The highest BCUT2D eigenvalue weighted by Crippen LogP contribution is 2.22. The van der Waals surface area contributed by atoms with Crippen molar-refractivity contribution in [2.24, 2.45) is 0 Å².